The van der Waals surface area contributed by atoms with Crippen molar-refractivity contribution in [3.05, 3.63) is 29.8 Å². The molecule has 0 aliphatic carbocycles. The molecule has 0 spiro atoms. The Labute approximate surface area is 130 Å². The number of hydrogen-bond acceptors (Lipinski definition) is 4. The third kappa shape index (κ3) is 4.23. The Morgan fingerprint density at radius 3 is 3.00 bits per heavy atom. The molecule has 0 bridgehead atoms. The number of nitrogens with zero attached hydrogens (tertiary/aromatic N) is 1. The number of anilines is 1. The van der Waals surface area contributed by atoms with Gasteiger partial charge in [-0.2, -0.15) is 0 Å². The highest BCUT2D eigenvalue weighted by Gasteiger charge is 2.23. The van der Waals surface area contributed by atoms with E-state index in [1.54, 1.807) is 0 Å². The van der Waals surface area contributed by atoms with Crippen LogP contribution in [0.25, 0.3) is 0 Å². The van der Waals surface area contributed by atoms with Crippen LogP contribution in [0, 0.1) is 0 Å². The number of amides is 1. The van der Waals surface area contributed by atoms with Crippen LogP contribution in [0.3, 0.4) is 0 Å². The number of carbonyl (C=O) groups excluding carboxylic acids is 1. The number of rotatable bonds is 5. The predicted molar refractivity (Wildman–Crippen MR) is 87.4 cm³/mol. The zero-order chi connectivity index (χ0) is 15.2. The lowest BCUT2D eigenvalue weighted by Gasteiger charge is -2.34. The molecule has 21 heavy (non-hydrogen) atoms. The molecule has 6 heteroatoms. The Morgan fingerprint density at radius 2 is 2.29 bits per heavy atom. The summed E-state index contributed by atoms with van der Waals surface area (Å²) in [7, 11) is 0. The fourth-order valence-corrected chi connectivity index (χ4v) is 2.63. The van der Waals surface area contributed by atoms with E-state index in [4.69, 9.17) is 22.7 Å². The number of benzene rings is 1. The molecule has 1 fully saturated rings. The second-order valence-electron chi connectivity index (χ2n) is 5.07. The monoisotopic (exact) mass is 307 g/mol. The van der Waals surface area contributed by atoms with Gasteiger partial charge in [-0.1, -0.05) is 31.3 Å². The van der Waals surface area contributed by atoms with Crippen LogP contribution in [0.2, 0.25) is 0 Å². The molecular weight excluding hydrogens is 286 g/mol. The molecule has 1 aromatic rings. The second-order valence-corrected chi connectivity index (χ2v) is 5.51. The molecule has 1 aliphatic rings. The van der Waals surface area contributed by atoms with Crippen LogP contribution >= 0.6 is 12.2 Å². The zero-order valence-electron chi connectivity index (χ0n) is 12.2. The minimum atomic E-state index is -0.0564. The third-order valence-corrected chi connectivity index (χ3v) is 3.85. The molecule has 1 aromatic carbocycles. The molecule has 3 N–H and O–H groups in total. The van der Waals surface area contributed by atoms with E-state index in [0.717, 1.165) is 13.0 Å². The van der Waals surface area contributed by atoms with Crippen molar-refractivity contribution in [1.82, 2.24) is 4.90 Å². The molecule has 1 saturated heterocycles. The highest BCUT2D eigenvalue weighted by atomic mass is 32.1. The molecule has 1 unspecified atom stereocenters. The molecule has 2 rings (SSSR count). The first kappa shape index (κ1) is 15.9. The van der Waals surface area contributed by atoms with Gasteiger partial charge >= 0.3 is 0 Å². The number of nitrogens with one attached hydrogen (secondary N) is 1. The molecule has 1 amide bonds. The topological polar surface area (TPSA) is 67.6 Å². The van der Waals surface area contributed by atoms with Gasteiger partial charge in [0.1, 0.15) is 4.99 Å². The van der Waals surface area contributed by atoms with Crippen molar-refractivity contribution in [2.75, 3.05) is 31.6 Å². The summed E-state index contributed by atoms with van der Waals surface area (Å²) in [6.07, 6.45) is 0.969. The first-order valence-corrected chi connectivity index (χ1v) is 7.53. The molecule has 0 radical (unpaired) electrons. The highest BCUT2D eigenvalue weighted by Crippen LogP contribution is 2.15. The Morgan fingerprint density at radius 1 is 1.52 bits per heavy atom. The Hall–Kier alpha value is -1.50. The number of carbonyl (C=O) groups is 1. The molecule has 1 heterocycles. The highest BCUT2D eigenvalue weighted by molar-refractivity contribution is 7.80. The fourth-order valence-electron chi connectivity index (χ4n) is 2.45. The average Bonchev–Trinajstić information content (AvgIpc) is 2.48. The molecule has 114 valence electrons. The maximum atomic E-state index is 12.2. The molecule has 0 saturated carbocycles. The number of hydrogen-bond donors (Lipinski definition) is 2. The summed E-state index contributed by atoms with van der Waals surface area (Å²) in [5, 5.41) is 2.89. The number of para-hydroxylation sites is 1. The van der Waals surface area contributed by atoms with Crippen LogP contribution in [0.15, 0.2) is 24.3 Å². The lowest BCUT2D eigenvalue weighted by molar-refractivity contribution is -0.119. The van der Waals surface area contributed by atoms with Crippen LogP contribution in [-0.4, -0.2) is 48.1 Å². The van der Waals surface area contributed by atoms with E-state index in [-0.39, 0.29) is 10.9 Å². The number of ether oxygens (including phenoxy) is 1. The average molecular weight is 307 g/mol. The predicted octanol–water partition coefficient (Wildman–Crippen LogP) is 1.37. The van der Waals surface area contributed by atoms with Crippen molar-refractivity contribution in [3.63, 3.8) is 0 Å². The smallest absolute Gasteiger partial charge is 0.238 e. The molecular formula is C15H21N3O2S. The Kier molecular flexibility index (Phi) is 5.67. The number of thiocarbonyl (C=S) groups is 1. The van der Waals surface area contributed by atoms with Crippen molar-refractivity contribution in [2.24, 2.45) is 5.73 Å². The second kappa shape index (κ2) is 7.49. The lowest BCUT2D eigenvalue weighted by atomic mass is 10.1. The van der Waals surface area contributed by atoms with Gasteiger partial charge in [0.2, 0.25) is 5.91 Å². The summed E-state index contributed by atoms with van der Waals surface area (Å²) >= 11 is 5.00. The molecule has 1 aliphatic heterocycles. The van der Waals surface area contributed by atoms with Gasteiger partial charge < -0.3 is 15.8 Å². The van der Waals surface area contributed by atoms with Gasteiger partial charge in [-0.05, 0) is 18.6 Å². The Balaban J connectivity index is 2.00. The van der Waals surface area contributed by atoms with E-state index in [2.05, 4.69) is 17.1 Å². The van der Waals surface area contributed by atoms with Crippen molar-refractivity contribution in [3.8, 4) is 0 Å². The summed E-state index contributed by atoms with van der Waals surface area (Å²) in [5.74, 6) is -0.0564. The van der Waals surface area contributed by atoms with E-state index < -0.39 is 0 Å². The van der Waals surface area contributed by atoms with Crippen molar-refractivity contribution in [2.45, 2.75) is 19.4 Å². The number of nitrogens with two attached hydrogens (primary N) is 1. The largest absolute Gasteiger partial charge is 0.389 e. The fraction of sp³-hybridized carbons (Fsp3) is 0.467. The third-order valence-electron chi connectivity index (χ3n) is 3.63. The SMILES string of the molecule is CCC1COCCN1CC(=O)Nc1ccccc1C(N)=S. The van der Waals surface area contributed by atoms with E-state index in [1.807, 2.05) is 24.3 Å². The summed E-state index contributed by atoms with van der Waals surface area (Å²) in [4.78, 5) is 14.7. The Bertz CT molecular complexity index is 521. The van der Waals surface area contributed by atoms with Crippen LogP contribution in [0.1, 0.15) is 18.9 Å². The minimum Gasteiger partial charge on any atom is -0.389 e. The minimum absolute atomic E-state index is 0.0564. The van der Waals surface area contributed by atoms with Gasteiger partial charge in [-0.25, -0.2) is 0 Å². The lowest BCUT2D eigenvalue weighted by Crippen LogP contribution is -2.48. The van der Waals surface area contributed by atoms with Gasteiger partial charge in [0.15, 0.2) is 0 Å². The summed E-state index contributed by atoms with van der Waals surface area (Å²) in [6.45, 7) is 4.60. The first-order valence-electron chi connectivity index (χ1n) is 7.12. The van der Waals surface area contributed by atoms with Crippen molar-refractivity contribution < 1.29 is 9.53 Å². The standard InChI is InChI=1S/C15H21N3O2S/c1-2-11-10-20-8-7-18(11)9-14(19)17-13-6-4-3-5-12(13)15(16)21/h3-6,11H,2,7-10H2,1H3,(H2,16,21)(H,17,19). The molecule has 0 aromatic heterocycles. The van der Waals surface area contributed by atoms with E-state index in [9.17, 15) is 4.79 Å². The van der Waals surface area contributed by atoms with E-state index >= 15 is 0 Å². The summed E-state index contributed by atoms with van der Waals surface area (Å²) in [5.41, 5.74) is 7.02. The van der Waals surface area contributed by atoms with Crippen molar-refractivity contribution in [1.29, 1.82) is 0 Å². The first-order chi connectivity index (χ1) is 10.1. The van der Waals surface area contributed by atoms with E-state index in [1.165, 1.54) is 0 Å². The van der Waals surface area contributed by atoms with Crippen LogP contribution < -0.4 is 11.1 Å². The molecule has 5 nitrogen and oxygen atoms in total. The maximum Gasteiger partial charge on any atom is 0.238 e. The zero-order valence-corrected chi connectivity index (χ0v) is 13.0. The van der Waals surface area contributed by atoms with Gasteiger partial charge in [0, 0.05) is 18.2 Å². The quantitative estimate of drug-likeness (QED) is 0.804. The van der Waals surface area contributed by atoms with Gasteiger partial charge in [-0.15, -0.1) is 0 Å². The van der Waals surface area contributed by atoms with Gasteiger partial charge in [-0.3, -0.25) is 9.69 Å². The number of morpholine rings is 1. The van der Waals surface area contributed by atoms with Crippen LogP contribution in [-0.2, 0) is 9.53 Å². The van der Waals surface area contributed by atoms with E-state index in [0.29, 0.717) is 37.1 Å². The maximum absolute atomic E-state index is 12.2. The van der Waals surface area contributed by atoms with Gasteiger partial charge in [0.05, 0.1) is 25.4 Å². The van der Waals surface area contributed by atoms with Crippen LogP contribution in [0.5, 0.6) is 0 Å². The summed E-state index contributed by atoms with van der Waals surface area (Å²) < 4.78 is 5.45. The van der Waals surface area contributed by atoms with Crippen molar-refractivity contribution >= 4 is 28.8 Å². The summed E-state index contributed by atoms with van der Waals surface area (Å²) in [6, 6.07) is 7.61. The van der Waals surface area contributed by atoms with Gasteiger partial charge in [0.25, 0.3) is 0 Å². The van der Waals surface area contributed by atoms with Crippen LogP contribution in [0.4, 0.5) is 5.69 Å². The normalized spacial score (nSPS) is 19.2. The molecule has 1 atom stereocenters.